The van der Waals surface area contributed by atoms with Gasteiger partial charge >= 0.3 is 0 Å². The Morgan fingerprint density at radius 1 is 1.09 bits per heavy atom. The van der Waals surface area contributed by atoms with Crippen LogP contribution in [0.2, 0.25) is 10.0 Å². The predicted molar refractivity (Wildman–Crippen MR) is 126 cm³/mol. The minimum Gasteiger partial charge on any atom is -0.443 e. The van der Waals surface area contributed by atoms with Crippen molar-refractivity contribution in [1.29, 1.82) is 0 Å². The van der Waals surface area contributed by atoms with E-state index in [4.69, 9.17) is 33.0 Å². The van der Waals surface area contributed by atoms with Crippen LogP contribution in [0.25, 0.3) is 0 Å². The van der Waals surface area contributed by atoms with Crippen LogP contribution in [-0.4, -0.2) is 15.6 Å². The summed E-state index contributed by atoms with van der Waals surface area (Å²) in [6.45, 7) is 6.77. The average molecular weight is 467 g/mol. The van der Waals surface area contributed by atoms with E-state index in [2.05, 4.69) is 26.0 Å². The first-order valence-electron chi connectivity index (χ1n) is 10.7. The third-order valence-corrected chi connectivity index (χ3v) is 6.99. The molecular formula is C26H24Cl2N2O2. The third kappa shape index (κ3) is 3.66. The number of benzene rings is 2. The minimum atomic E-state index is -0.281. The van der Waals surface area contributed by atoms with Crippen molar-refractivity contribution < 1.29 is 9.53 Å². The van der Waals surface area contributed by atoms with Crippen molar-refractivity contribution in [3.05, 3.63) is 92.3 Å². The molecule has 0 saturated carbocycles. The van der Waals surface area contributed by atoms with E-state index in [0.29, 0.717) is 35.3 Å². The molecule has 1 aromatic heterocycles. The molecule has 0 spiro atoms. The van der Waals surface area contributed by atoms with Crippen molar-refractivity contribution in [2.24, 2.45) is 5.41 Å². The zero-order chi connectivity index (χ0) is 22.6. The number of ketones is 1. The van der Waals surface area contributed by atoms with E-state index in [-0.39, 0.29) is 17.1 Å². The van der Waals surface area contributed by atoms with Crippen molar-refractivity contribution in [2.75, 3.05) is 0 Å². The van der Waals surface area contributed by atoms with Crippen LogP contribution >= 0.6 is 23.2 Å². The summed E-state index contributed by atoms with van der Waals surface area (Å²) in [6.07, 6.45) is 1.18. The fourth-order valence-corrected chi connectivity index (χ4v) is 5.16. The number of Topliss-reactive ketones (excluding diaryl/α,β-unsaturated/α-hetero) is 1. The Balaban J connectivity index is 1.70. The van der Waals surface area contributed by atoms with E-state index in [1.54, 1.807) is 6.07 Å². The van der Waals surface area contributed by atoms with E-state index >= 15 is 0 Å². The van der Waals surface area contributed by atoms with Crippen LogP contribution in [0.3, 0.4) is 0 Å². The number of rotatable bonds is 3. The molecular weight excluding hydrogens is 443 g/mol. The molecule has 32 heavy (non-hydrogen) atoms. The van der Waals surface area contributed by atoms with E-state index in [0.717, 1.165) is 33.7 Å². The summed E-state index contributed by atoms with van der Waals surface area (Å²) >= 11 is 12.6. The lowest BCUT2D eigenvalue weighted by Crippen LogP contribution is -2.33. The molecule has 2 heterocycles. The van der Waals surface area contributed by atoms with Crippen LogP contribution in [-0.2, 0) is 11.3 Å². The number of aromatic nitrogens is 2. The molecule has 0 radical (unpaired) electrons. The van der Waals surface area contributed by atoms with E-state index in [1.165, 1.54) is 0 Å². The van der Waals surface area contributed by atoms with Crippen LogP contribution in [0.15, 0.2) is 59.9 Å². The third-order valence-electron chi connectivity index (χ3n) is 6.25. The first-order valence-corrected chi connectivity index (χ1v) is 11.5. The predicted octanol–water partition coefficient (Wildman–Crippen LogP) is 6.71. The molecule has 1 aliphatic carbocycles. The number of hydrogen-bond donors (Lipinski definition) is 0. The lowest BCUT2D eigenvalue weighted by Gasteiger charge is -2.37. The fourth-order valence-electron chi connectivity index (χ4n) is 4.85. The molecule has 2 aromatic carbocycles. The molecule has 0 unspecified atom stereocenters. The molecule has 4 nitrogen and oxygen atoms in total. The van der Waals surface area contributed by atoms with Gasteiger partial charge in [-0.2, -0.15) is 5.10 Å². The van der Waals surface area contributed by atoms with Crippen molar-refractivity contribution in [3.63, 3.8) is 0 Å². The molecule has 3 aromatic rings. The summed E-state index contributed by atoms with van der Waals surface area (Å²) in [5.41, 5.74) is 4.38. The van der Waals surface area contributed by atoms with Crippen molar-refractivity contribution in [1.82, 2.24) is 9.78 Å². The highest BCUT2D eigenvalue weighted by molar-refractivity contribution is 6.42. The van der Waals surface area contributed by atoms with Crippen molar-refractivity contribution in [2.45, 2.75) is 46.1 Å². The van der Waals surface area contributed by atoms with Gasteiger partial charge in [-0.05, 0) is 35.6 Å². The van der Waals surface area contributed by atoms with Crippen LogP contribution in [0.4, 0.5) is 0 Å². The summed E-state index contributed by atoms with van der Waals surface area (Å²) in [5, 5.41) is 5.78. The first kappa shape index (κ1) is 21.3. The second-order valence-corrected chi connectivity index (χ2v) is 10.2. The van der Waals surface area contributed by atoms with Crippen LogP contribution < -0.4 is 4.74 Å². The first-order chi connectivity index (χ1) is 15.2. The lowest BCUT2D eigenvalue weighted by molar-refractivity contribution is -0.118. The number of carbonyl (C=O) groups is 1. The van der Waals surface area contributed by atoms with Gasteiger partial charge in [-0.1, -0.05) is 73.4 Å². The number of halogens is 2. The summed E-state index contributed by atoms with van der Waals surface area (Å²) in [4.78, 5) is 13.4. The highest BCUT2D eigenvalue weighted by atomic mass is 35.5. The molecule has 1 aliphatic heterocycles. The van der Waals surface area contributed by atoms with E-state index in [1.807, 2.05) is 41.9 Å². The molecule has 164 valence electrons. The Morgan fingerprint density at radius 2 is 1.84 bits per heavy atom. The highest BCUT2D eigenvalue weighted by Gasteiger charge is 2.44. The lowest BCUT2D eigenvalue weighted by atomic mass is 9.70. The van der Waals surface area contributed by atoms with Gasteiger partial charge in [0.25, 0.3) is 0 Å². The van der Waals surface area contributed by atoms with Crippen LogP contribution in [0.1, 0.15) is 55.0 Å². The zero-order valence-corrected chi connectivity index (χ0v) is 19.8. The van der Waals surface area contributed by atoms with Gasteiger partial charge in [-0.15, -0.1) is 0 Å². The van der Waals surface area contributed by atoms with Crippen molar-refractivity contribution >= 4 is 29.0 Å². The Hall–Kier alpha value is -2.56. The number of ether oxygens (including phenoxy) is 1. The second-order valence-electron chi connectivity index (χ2n) is 9.43. The number of nitrogens with zero attached hydrogens (tertiary/aromatic N) is 2. The quantitative estimate of drug-likeness (QED) is 0.430. The van der Waals surface area contributed by atoms with Gasteiger partial charge in [0.2, 0.25) is 5.88 Å². The van der Waals surface area contributed by atoms with Gasteiger partial charge in [0.1, 0.15) is 5.76 Å². The van der Waals surface area contributed by atoms with Gasteiger partial charge in [-0.25, -0.2) is 4.68 Å². The van der Waals surface area contributed by atoms with Gasteiger partial charge in [0.15, 0.2) is 5.78 Å². The molecule has 0 amide bonds. The molecule has 0 saturated heterocycles. The standard InChI is InChI=1S/C26H24Cl2N2O2/c1-15-22-23(17-9-10-18(27)19(28)11-17)24-20(31)12-26(2,3)13-21(24)32-25(22)30(29-15)14-16-7-5-4-6-8-16/h4-11,23H,12-14H2,1-3H3/t23-/m0/s1. The van der Waals surface area contributed by atoms with Crippen LogP contribution in [0.5, 0.6) is 5.88 Å². The Morgan fingerprint density at radius 3 is 2.56 bits per heavy atom. The topological polar surface area (TPSA) is 44.1 Å². The van der Waals surface area contributed by atoms with Gasteiger partial charge in [-0.3, -0.25) is 4.79 Å². The van der Waals surface area contributed by atoms with Gasteiger partial charge in [0, 0.05) is 29.9 Å². The molecule has 5 rings (SSSR count). The molecule has 6 heteroatoms. The van der Waals surface area contributed by atoms with Gasteiger partial charge in [0.05, 0.1) is 22.3 Å². The van der Waals surface area contributed by atoms with Crippen LogP contribution in [0, 0.1) is 12.3 Å². The Bertz CT molecular complexity index is 1260. The maximum absolute atomic E-state index is 13.4. The van der Waals surface area contributed by atoms with Gasteiger partial charge < -0.3 is 4.74 Å². The summed E-state index contributed by atoms with van der Waals surface area (Å²) in [7, 11) is 0. The Kier molecular flexibility index (Phi) is 5.18. The van der Waals surface area contributed by atoms with E-state index in [9.17, 15) is 4.79 Å². The summed E-state index contributed by atoms with van der Waals surface area (Å²) < 4.78 is 8.38. The normalized spacial score (nSPS) is 19.4. The summed E-state index contributed by atoms with van der Waals surface area (Å²) in [5.74, 6) is 1.28. The maximum Gasteiger partial charge on any atom is 0.222 e. The number of fused-ring (bicyclic) bond motifs is 1. The molecule has 2 aliphatic rings. The number of carbonyl (C=O) groups excluding carboxylic acids is 1. The largest absolute Gasteiger partial charge is 0.443 e. The number of aryl methyl sites for hydroxylation is 1. The van der Waals surface area contributed by atoms with Crippen molar-refractivity contribution in [3.8, 4) is 5.88 Å². The SMILES string of the molecule is Cc1nn(Cc2ccccc2)c2c1[C@H](c1ccc(Cl)c(Cl)c1)C1=C(CC(C)(C)CC1=O)O2. The number of allylic oxidation sites excluding steroid dienone is 2. The molecule has 0 bridgehead atoms. The number of hydrogen-bond acceptors (Lipinski definition) is 3. The fraction of sp³-hybridized carbons (Fsp3) is 0.308. The molecule has 0 N–H and O–H groups in total. The molecule has 0 fully saturated rings. The smallest absolute Gasteiger partial charge is 0.222 e. The maximum atomic E-state index is 13.4. The zero-order valence-electron chi connectivity index (χ0n) is 18.3. The highest BCUT2D eigenvalue weighted by Crippen LogP contribution is 2.51. The molecule has 1 atom stereocenters. The average Bonchev–Trinajstić information content (AvgIpc) is 3.03. The minimum absolute atomic E-state index is 0.119. The van der Waals surface area contributed by atoms with E-state index < -0.39 is 0 Å². The summed E-state index contributed by atoms with van der Waals surface area (Å²) in [6, 6.07) is 15.8. The Labute approximate surface area is 197 Å². The second kappa shape index (κ2) is 7.79. The monoisotopic (exact) mass is 466 g/mol.